The number of halogens is 2. The first-order valence-corrected chi connectivity index (χ1v) is 19.9. The van der Waals surface area contributed by atoms with E-state index in [9.17, 15) is 9.59 Å². The SMILES string of the molecule is Cc1ccccc1C(=O)O[C@H](/C=C/[C@H]1CCC(=O)N1CCCCCCc1nnn(C(c2ccccc2)(c2ccccc2)c2ccccc2)n1)C(F)(F)c1ccccc1. The van der Waals surface area contributed by atoms with Crippen LogP contribution >= 0.6 is 0 Å². The maximum atomic E-state index is 16.0. The highest BCUT2D eigenvalue weighted by molar-refractivity contribution is 5.91. The Morgan fingerprint density at radius 3 is 1.88 bits per heavy atom. The molecule has 0 spiro atoms. The zero-order valence-corrected chi connectivity index (χ0v) is 32.5. The summed E-state index contributed by atoms with van der Waals surface area (Å²) in [5, 5.41) is 14.1. The predicted molar refractivity (Wildman–Crippen MR) is 219 cm³/mol. The van der Waals surface area contributed by atoms with Crippen molar-refractivity contribution in [1.29, 1.82) is 0 Å². The highest BCUT2D eigenvalue weighted by Crippen LogP contribution is 2.40. The Hall–Kier alpha value is -6.29. The molecule has 1 aliphatic rings. The van der Waals surface area contributed by atoms with Crippen LogP contribution < -0.4 is 0 Å². The van der Waals surface area contributed by atoms with Gasteiger partial charge in [-0.25, -0.2) is 4.79 Å². The van der Waals surface area contributed by atoms with Gasteiger partial charge in [0, 0.05) is 24.9 Å². The van der Waals surface area contributed by atoms with Gasteiger partial charge in [-0.2, -0.15) is 8.78 Å². The number of ether oxygens (including phenoxy) is 1. The molecule has 8 nitrogen and oxygen atoms in total. The van der Waals surface area contributed by atoms with Crippen molar-refractivity contribution < 1.29 is 23.1 Å². The quantitative estimate of drug-likeness (QED) is 0.0397. The molecule has 2 heterocycles. The van der Waals surface area contributed by atoms with E-state index in [1.54, 1.807) is 53.0 Å². The van der Waals surface area contributed by atoms with E-state index < -0.39 is 23.5 Å². The molecular formula is C48H47F2N5O3. The molecule has 1 aromatic heterocycles. The van der Waals surface area contributed by atoms with E-state index in [1.807, 2.05) is 54.6 Å². The highest BCUT2D eigenvalue weighted by Gasteiger charge is 2.44. The molecule has 1 aliphatic heterocycles. The zero-order chi connectivity index (χ0) is 40.4. The highest BCUT2D eigenvalue weighted by atomic mass is 19.3. The van der Waals surface area contributed by atoms with Crippen LogP contribution in [0, 0.1) is 6.92 Å². The summed E-state index contributed by atoms with van der Waals surface area (Å²) in [7, 11) is 0. The number of hydrogen-bond acceptors (Lipinski definition) is 6. The number of unbranched alkanes of at least 4 members (excludes halogenated alkanes) is 3. The van der Waals surface area contributed by atoms with Crippen molar-refractivity contribution in [1.82, 2.24) is 25.1 Å². The Bertz CT molecular complexity index is 2190. The van der Waals surface area contributed by atoms with Crippen LogP contribution in [0.15, 0.2) is 158 Å². The summed E-state index contributed by atoms with van der Waals surface area (Å²) in [6, 6.07) is 44.4. The summed E-state index contributed by atoms with van der Waals surface area (Å²) in [5.41, 5.74) is 2.82. The van der Waals surface area contributed by atoms with Crippen LogP contribution in [-0.4, -0.2) is 55.7 Å². The number of aryl methyl sites for hydroxylation is 2. The number of likely N-dealkylation sites (tertiary alicyclic amines) is 1. The van der Waals surface area contributed by atoms with Crippen molar-refractivity contribution in [2.75, 3.05) is 6.54 Å². The summed E-state index contributed by atoms with van der Waals surface area (Å²) in [4.78, 5) is 29.6. The number of alkyl halides is 2. The number of carbonyl (C=O) groups is 2. The lowest BCUT2D eigenvalue weighted by Crippen LogP contribution is -2.39. The van der Waals surface area contributed by atoms with Crippen LogP contribution in [0.3, 0.4) is 0 Å². The molecular weight excluding hydrogens is 733 g/mol. The van der Waals surface area contributed by atoms with Crippen LogP contribution in [0.5, 0.6) is 0 Å². The van der Waals surface area contributed by atoms with E-state index in [-0.39, 0.29) is 23.1 Å². The van der Waals surface area contributed by atoms with Crippen molar-refractivity contribution in [3.63, 3.8) is 0 Å². The fraction of sp³-hybridized carbons (Fsp3) is 0.271. The first-order chi connectivity index (χ1) is 28.3. The van der Waals surface area contributed by atoms with Crippen LogP contribution in [-0.2, 0) is 27.4 Å². The molecule has 1 saturated heterocycles. The normalized spacial score (nSPS) is 15.2. The first kappa shape index (κ1) is 39.9. The number of nitrogens with zero attached hydrogens (tertiary/aromatic N) is 5. The number of aromatic nitrogens is 4. The minimum atomic E-state index is -3.50. The number of hydrogen-bond donors (Lipinski definition) is 0. The zero-order valence-electron chi connectivity index (χ0n) is 32.5. The minimum absolute atomic E-state index is 0.0162. The molecule has 10 heteroatoms. The topological polar surface area (TPSA) is 90.2 Å². The predicted octanol–water partition coefficient (Wildman–Crippen LogP) is 9.49. The summed E-state index contributed by atoms with van der Waals surface area (Å²) >= 11 is 0. The number of carbonyl (C=O) groups excluding carboxylic acids is 2. The van der Waals surface area contributed by atoms with Gasteiger partial charge in [0.1, 0.15) is 0 Å². The third-order valence-corrected chi connectivity index (χ3v) is 10.9. The van der Waals surface area contributed by atoms with Gasteiger partial charge in [-0.05, 0) is 65.8 Å². The number of rotatable bonds is 17. The second-order valence-electron chi connectivity index (χ2n) is 14.7. The van der Waals surface area contributed by atoms with E-state index in [1.165, 1.54) is 30.3 Å². The second-order valence-corrected chi connectivity index (χ2v) is 14.7. The molecule has 6 aromatic rings. The van der Waals surface area contributed by atoms with Crippen molar-refractivity contribution in [3.8, 4) is 0 Å². The van der Waals surface area contributed by atoms with E-state index in [0.717, 1.165) is 42.4 Å². The van der Waals surface area contributed by atoms with Crippen LogP contribution in [0.25, 0.3) is 0 Å². The molecule has 58 heavy (non-hydrogen) atoms. The number of amides is 1. The summed E-state index contributed by atoms with van der Waals surface area (Å²) in [5.74, 6) is -3.70. The Morgan fingerprint density at radius 2 is 1.29 bits per heavy atom. The van der Waals surface area contributed by atoms with Crippen LogP contribution in [0.2, 0.25) is 0 Å². The fourth-order valence-electron chi connectivity index (χ4n) is 7.80. The second kappa shape index (κ2) is 18.3. The number of benzene rings is 5. The third kappa shape index (κ3) is 8.66. The molecule has 2 atom stereocenters. The Morgan fingerprint density at radius 1 is 0.759 bits per heavy atom. The molecule has 1 amide bonds. The maximum absolute atomic E-state index is 16.0. The largest absolute Gasteiger partial charge is 0.448 e. The van der Waals surface area contributed by atoms with Crippen molar-refractivity contribution in [2.45, 2.75) is 75.5 Å². The van der Waals surface area contributed by atoms with Crippen molar-refractivity contribution in [2.24, 2.45) is 0 Å². The van der Waals surface area contributed by atoms with Gasteiger partial charge in [-0.3, -0.25) is 4.79 Å². The molecule has 0 radical (unpaired) electrons. The summed E-state index contributed by atoms with van der Waals surface area (Å²) in [6.07, 6.45) is 5.79. The minimum Gasteiger partial charge on any atom is -0.448 e. The molecule has 7 rings (SSSR count). The lowest BCUT2D eigenvalue weighted by Gasteiger charge is -2.34. The molecule has 0 saturated carbocycles. The summed E-state index contributed by atoms with van der Waals surface area (Å²) < 4.78 is 37.4. The van der Waals surface area contributed by atoms with Gasteiger partial charge in [-0.1, -0.05) is 158 Å². The molecule has 296 valence electrons. The molecule has 5 aromatic carbocycles. The lowest BCUT2D eigenvalue weighted by atomic mass is 9.77. The monoisotopic (exact) mass is 779 g/mol. The van der Waals surface area contributed by atoms with Gasteiger partial charge in [0.15, 0.2) is 17.5 Å². The number of esters is 1. The average molecular weight is 780 g/mol. The molecule has 0 N–H and O–H groups in total. The molecule has 0 bridgehead atoms. The molecule has 0 unspecified atom stereocenters. The van der Waals surface area contributed by atoms with Crippen molar-refractivity contribution in [3.05, 3.63) is 197 Å². The van der Waals surface area contributed by atoms with Crippen LogP contribution in [0.1, 0.15) is 82.5 Å². The smallest absolute Gasteiger partial charge is 0.339 e. The Labute approximate surface area is 338 Å². The number of tetrazole rings is 1. The lowest BCUT2D eigenvalue weighted by molar-refractivity contribution is -0.128. The standard InChI is InChI=1S/C48H47F2N5O3/c1-36-20-17-18-29-42(36)46(57)58-43(48(49,50)40-27-14-7-15-28-40)33-31-41-32-34-45(56)54(41)35-19-3-2-16-30-44-51-53-55(52-44)47(37-21-8-4-9-22-37,38-23-10-5-11-24-38)39-25-12-6-13-26-39/h4-15,17-18,20-29,31,33,41,43H,2-3,16,19,30,32,34-35H2,1H3/b33-31+/t41-,43+/m0/s1. The van der Waals surface area contributed by atoms with E-state index in [2.05, 4.69) is 46.7 Å². The molecule has 0 aliphatic carbocycles. The Kier molecular flexibility index (Phi) is 12.6. The maximum Gasteiger partial charge on any atom is 0.339 e. The third-order valence-electron chi connectivity index (χ3n) is 10.9. The van der Waals surface area contributed by atoms with Gasteiger partial charge in [-0.15, -0.1) is 15.0 Å². The van der Waals surface area contributed by atoms with E-state index in [4.69, 9.17) is 9.84 Å². The first-order valence-electron chi connectivity index (χ1n) is 19.9. The van der Waals surface area contributed by atoms with Gasteiger partial charge >= 0.3 is 11.9 Å². The van der Waals surface area contributed by atoms with Gasteiger partial charge in [0.05, 0.1) is 11.6 Å². The average Bonchev–Trinajstić information content (AvgIpc) is 3.88. The van der Waals surface area contributed by atoms with E-state index in [0.29, 0.717) is 37.2 Å². The van der Waals surface area contributed by atoms with E-state index >= 15 is 8.78 Å². The van der Waals surface area contributed by atoms with Gasteiger partial charge in [0.25, 0.3) is 0 Å². The fourth-order valence-corrected chi connectivity index (χ4v) is 7.80. The van der Waals surface area contributed by atoms with Crippen molar-refractivity contribution >= 4 is 11.9 Å². The van der Waals surface area contributed by atoms with Crippen LogP contribution in [0.4, 0.5) is 8.78 Å². The van der Waals surface area contributed by atoms with Gasteiger partial charge in [0.2, 0.25) is 5.91 Å². The van der Waals surface area contributed by atoms with Gasteiger partial charge < -0.3 is 9.64 Å². The Balaban J connectivity index is 0.987. The summed E-state index contributed by atoms with van der Waals surface area (Å²) in [6.45, 7) is 2.23. The molecule has 1 fully saturated rings.